The van der Waals surface area contributed by atoms with E-state index in [1.807, 2.05) is 0 Å². The summed E-state index contributed by atoms with van der Waals surface area (Å²) in [5.41, 5.74) is 0. The Bertz CT molecular complexity index is 153. The summed E-state index contributed by atoms with van der Waals surface area (Å²) >= 11 is 0. The first-order chi connectivity index (χ1) is 8.43. The zero-order chi connectivity index (χ0) is 12.2. The van der Waals surface area contributed by atoms with Crippen LogP contribution in [-0.4, -0.2) is 19.5 Å². The van der Waals surface area contributed by atoms with Crippen LogP contribution in [0.25, 0.3) is 0 Å². The molecule has 0 unspecified atom stereocenters. The Balaban J connectivity index is 1.69. The highest BCUT2D eigenvalue weighted by Crippen LogP contribution is 2.15. The molecule has 1 saturated heterocycles. The van der Waals surface area contributed by atoms with Gasteiger partial charge in [0.25, 0.3) is 0 Å². The molecular weight excluding hydrogens is 212 g/mol. The molecule has 2 nitrogen and oxygen atoms in total. The molecule has 1 aliphatic rings. The van der Waals surface area contributed by atoms with Crippen molar-refractivity contribution in [2.45, 2.75) is 83.8 Å². The summed E-state index contributed by atoms with van der Waals surface area (Å²) in [7, 11) is 0. The van der Waals surface area contributed by atoms with Gasteiger partial charge in [-0.25, -0.2) is 0 Å². The van der Waals surface area contributed by atoms with Crippen molar-refractivity contribution >= 4 is 0 Å². The minimum absolute atomic E-state index is 0.115. The highest BCUT2D eigenvalue weighted by Gasteiger charge is 2.14. The van der Waals surface area contributed by atoms with Crippen LogP contribution >= 0.6 is 0 Å². The van der Waals surface area contributed by atoms with Gasteiger partial charge < -0.3 is 9.47 Å². The second-order valence-corrected chi connectivity index (χ2v) is 5.14. The highest BCUT2D eigenvalue weighted by atomic mass is 16.7. The molecule has 0 amide bonds. The van der Waals surface area contributed by atoms with E-state index in [9.17, 15) is 0 Å². The van der Waals surface area contributed by atoms with Crippen LogP contribution in [0.4, 0.5) is 0 Å². The zero-order valence-electron chi connectivity index (χ0n) is 11.6. The second-order valence-electron chi connectivity index (χ2n) is 5.14. The Morgan fingerprint density at radius 2 is 1.18 bits per heavy atom. The normalized spacial score (nSPS) is 16.8. The number of rotatable bonds is 11. The van der Waals surface area contributed by atoms with E-state index in [4.69, 9.17) is 9.47 Å². The summed E-state index contributed by atoms with van der Waals surface area (Å²) in [4.78, 5) is 0. The van der Waals surface area contributed by atoms with Crippen LogP contribution in [0.5, 0.6) is 0 Å². The maximum atomic E-state index is 5.41. The lowest BCUT2D eigenvalue weighted by molar-refractivity contribution is -0.0480. The molecule has 0 aromatic rings. The third-order valence-corrected chi connectivity index (χ3v) is 3.48. The summed E-state index contributed by atoms with van der Waals surface area (Å²) < 4.78 is 10.8. The van der Waals surface area contributed by atoms with Gasteiger partial charge in [-0.2, -0.15) is 0 Å². The molecule has 0 aliphatic carbocycles. The van der Waals surface area contributed by atoms with Gasteiger partial charge in [0.15, 0.2) is 6.29 Å². The summed E-state index contributed by atoms with van der Waals surface area (Å²) in [5, 5.41) is 0. The monoisotopic (exact) mass is 242 g/mol. The molecule has 1 heterocycles. The van der Waals surface area contributed by atoms with Gasteiger partial charge in [0.05, 0.1) is 13.2 Å². The van der Waals surface area contributed by atoms with Crippen molar-refractivity contribution in [3.05, 3.63) is 0 Å². The lowest BCUT2D eigenvalue weighted by Crippen LogP contribution is -2.06. The Hall–Kier alpha value is -0.0800. The molecule has 0 spiro atoms. The Kier molecular flexibility index (Phi) is 9.72. The number of unbranched alkanes of at least 4 members (excludes halogenated alkanes) is 9. The van der Waals surface area contributed by atoms with Crippen LogP contribution in [0.2, 0.25) is 0 Å². The molecule has 0 N–H and O–H groups in total. The third kappa shape index (κ3) is 8.62. The summed E-state index contributed by atoms with van der Waals surface area (Å²) in [6.45, 7) is 3.86. The summed E-state index contributed by atoms with van der Waals surface area (Å²) in [6, 6.07) is 0. The summed E-state index contributed by atoms with van der Waals surface area (Å²) in [5.74, 6) is 0. The van der Waals surface area contributed by atoms with Gasteiger partial charge in [-0.3, -0.25) is 0 Å². The zero-order valence-corrected chi connectivity index (χ0v) is 11.6. The van der Waals surface area contributed by atoms with E-state index in [0.717, 1.165) is 19.6 Å². The minimum Gasteiger partial charge on any atom is -0.350 e. The van der Waals surface area contributed by atoms with Crippen molar-refractivity contribution in [1.82, 2.24) is 0 Å². The van der Waals surface area contributed by atoms with Crippen molar-refractivity contribution in [2.24, 2.45) is 0 Å². The van der Waals surface area contributed by atoms with Crippen molar-refractivity contribution in [1.29, 1.82) is 0 Å². The topological polar surface area (TPSA) is 18.5 Å². The first-order valence-corrected chi connectivity index (χ1v) is 7.66. The fourth-order valence-corrected chi connectivity index (χ4v) is 2.37. The predicted octanol–water partition coefficient (Wildman–Crippen LogP) is 4.67. The second kappa shape index (κ2) is 11.0. The Morgan fingerprint density at radius 1 is 0.706 bits per heavy atom. The lowest BCUT2D eigenvalue weighted by Gasteiger charge is -2.08. The van der Waals surface area contributed by atoms with Crippen LogP contribution in [0.3, 0.4) is 0 Å². The molecule has 1 aliphatic heterocycles. The fourth-order valence-electron chi connectivity index (χ4n) is 2.37. The van der Waals surface area contributed by atoms with E-state index < -0.39 is 0 Å². The molecular formula is C15H30O2. The molecule has 0 saturated carbocycles. The van der Waals surface area contributed by atoms with Gasteiger partial charge in [0, 0.05) is 0 Å². The first-order valence-electron chi connectivity index (χ1n) is 7.66. The molecule has 1 fully saturated rings. The maximum absolute atomic E-state index is 5.41. The van der Waals surface area contributed by atoms with Crippen LogP contribution < -0.4 is 0 Å². The van der Waals surface area contributed by atoms with Crippen LogP contribution in [0.15, 0.2) is 0 Å². The van der Waals surface area contributed by atoms with Gasteiger partial charge in [-0.15, -0.1) is 0 Å². The fraction of sp³-hybridized carbons (Fsp3) is 1.00. The smallest absolute Gasteiger partial charge is 0.157 e. The van der Waals surface area contributed by atoms with Gasteiger partial charge in [-0.05, 0) is 12.8 Å². The van der Waals surface area contributed by atoms with E-state index in [2.05, 4.69) is 6.92 Å². The molecule has 0 radical (unpaired) electrons. The molecule has 0 aromatic carbocycles. The van der Waals surface area contributed by atoms with E-state index in [1.54, 1.807) is 0 Å². The molecule has 17 heavy (non-hydrogen) atoms. The van der Waals surface area contributed by atoms with Crippen LogP contribution in [0.1, 0.15) is 77.6 Å². The average molecular weight is 242 g/mol. The minimum atomic E-state index is 0.115. The number of ether oxygens (including phenoxy) is 2. The molecule has 0 bridgehead atoms. The first kappa shape index (κ1) is 15.0. The van der Waals surface area contributed by atoms with E-state index >= 15 is 0 Å². The summed E-state index contributed by atoms with van der Waals surface area (Å²) in [6.07, 6.45) is 15.1. The maximum Gasteiger partial charge on any atom is 0.157 e. The van der Waals surface area contributed by atoms with Gasteiger partial charge in [0.1, 0.15) is 0 Å². The van der Waals surface area contributed by atoms with Gasteiger partial charge >= 0.3 is 0 Å². The Labute approximate surface area is 107 Å². The highest BCUT2D eigenvalue weighted by molar-refractivity contribution is 4.53. The SMILES string of the molecule is CCCCCCCCCCCCC1OCCO1. The predicted molar refractivity (Wildman–Crippen MR) is 72.2 cm³/mol. The van der Waals surface area contributed by atoms with E-state index in [0.29, 0.717) is 0 Å². The molecule has 0 aromatic heterocycles. The Morgan fingerprint density at radius 3 is 1.71 bits per heavy atom. The largest absolute Gasteiger partial charge is 0.350 e. The molecule has 0 atom stereocenters. The molecule has 102 valence electrons. The van der Waals surface area contributed by atoms with Crippen molar-refractivity contribution in [3.63, 3.8) is 0 Å². The van der Waals surface area contributed by atoms with Crippen LogP contribution in [0, 0.1) is 0 Å². The molecule has 1 rings (SSSR count). The average Bonchev–Trinajstić information content (AvgIpc) is 2.85. The molecule has 2 heteroatoms. The third-order valence-electron chi connectivity index (χ3n) is 3.48. The van der Waals surface area contributed by atoms with Gasteiger partial charge in [0.2, 0.25) is 0 Å². The van der Waals surface area contributed by atoms with E-state index in [-0.39, 0.29) is 6.29 Å². The van der Waals surface area contributed by atoms with Crippen LogP contribution in [-0.2, 0) is 9.47 Å². The number of hydrogen-bond acceptors (Lipinski definition) is 2. The van der Waals surface area contributed by atoms with Gasteiger partial charge in [-0.1, -0.05) is 64.7 Å². The standard InChI is InChI=1S/C15H30O2/c1-2-3-4-5-6-7-8-9-10-11-12-15-16-13-14-17-15/h15H,2-14H2,1H3. The quantitative estimate of drug-likeness (QED) is 0.490. The van der Waals surface area contributed by atoms with Crippen molar-refractivity contribution in [3.8, 4) is 0 Å². The van der Waals surface area contributed by atoms with Crippen molar-refractivity contribution < 1.29 is 9.47 Å². The lowest BCUT2D eigenvalue weighted by atomic mass is 10.1. The number of hydrogen-bond donors (Lipinski definition) is 0. The van der Waals surface area contributed by atoms with Crippen molar-refractivity contribution in [2.75, 3.05) is 13.2 Å². The van der Waals surface area contributed by atoms with E-state index in [1.165, 1.54) is 64.2 Å².